The second kappa shape index (κ2) is 7.44. The fourth-order valence-electron chi connectivity index (χ4n) is 1.88. The first kappa shape index (κ1) is 15.1. The molecule has 0 aliphatic heterocycles. The third-order valence-corrected chi connectivity index (χ3v) is 3.18. The van der Waals surface area contributed by atoms with Gasteiger partial charge in [0.2, 0.25) is 0 Å². The van der Waals surface area contributed by atoms with E-state index in [0.717, 1.165) is 26.2 Å². The molecule has 0 bridgehead atoms. The van der Waals surface area contributed by atoms with Gasteiger partial charge in [0.05, 0.1) is 0 Å². The van der Waals surface area contributed by atoms with Crippen LogP contribution in [0.1, 0.15) is 19.4 Å². The number of halogens is 2. The summed E-state index contributed by atoms with van der Waals surface area (Å²) >= 11 is 0. The molecule has 1 aromatic rings. The molecule has 0 radical (unpaired) electrons. The molecule has 2 nitrogen and oxygen atoms in total. The van der Waals surface area contributed by atoms with E-state index in [0.29, 0.717) is 6.54 Å². The van der Waals surface area contributed by atoms with E-state index in [9.17, 15) is 8.78 Å². The smallest absolute Gasteiger partial charge is 0.130 e. The molecule has 0 aliphatic rings. The summed E-state index contributed by atoms with van der Waals surface area (Å²) in [4.78, 5) is 4.23. The molecule has 0 atom stereocenters. The Hall–Kier alpha value is -1.00. The fourth-order valence-corrected chi connectivity index (χ4v) is 1.88. The minimum Gasteiger partial charge on any atom is -0.303 e. The van der Waals surface area contributed by atoms with Gasteiger partial charge in [0.1, 0.15) is 11.6 Å². The van der Waals surface area contributed by atoms with Gasteiger partial charge in [0, 0.05) is 25.2 Å². The second-order valence-corrected chi connectivity index (χ2v) is 4.46. The normalized spacial score (nSPS) is 11.5. The van der Waals surface area contributed by atoms with Crippen LogP contribution in [0.4, 0.5) is 8.78 Å². The molecule has 0 aromatic heterocycles. The first-order valence-corrected chi connectivity index (χ1v) is 6.42. The number of benzene rings is 1. The quantitative estimate of drug-likeness (QED) is 0.740. The first-order valence-electron chi connectivity index (χ1n) is 6.42. The van der Waals surface area contributed by atoms with Gasteiger partial charge in [-0.1, -0.05) is 19.9 Å². The zero-order valence-corrected chi connectivity index (χ0v) is 11.4. The Morgan fingerprint density at radius 2 is 1.56 bits per heavy atom. The molecule has 4 heteroatoms. The Kier molecular flexibility index (Phi) is 6.22. The van der Waals surface area contributed by atoms with Gasteiger partial charge in [0.25, 0.3) is 0 Å². The van der Waals surface area contributed by atoms with Crippen LogP contribution in [-0.2, 0) is 6.54 Å². The molecule has 0 unspecified atom stereocenters. The monoisotopic (exact) mass is 256 g/mol. The number of likely N-dealkylation sites (N-methyl/N-ethyl adjacent to an activating group) is 2. The molecule has 1 rings (SSSR count). The SMILES string of the molecule is CCN(CC)CCN(C)Cc1c(F)cccc1F. The molecule has 18 heavy (non-hydrogen) atoms. The number of rotatable bonds is 7. The zero-order valence-electron chi connectivity index (χ0n) is 11.4. The molecule has 0 amide bonds. The maximum absolute atomic E-state index is 13.5. The van der Waals surface area contributed by atoms with Gasteiger partial charge in [-0.3, -0.25) is 0 Å². The van der Waals surface area contributed by atoms with Crippen LogP contribution in [0.3, 0.4) is 0 Å². The van der Waals surface area contributed by atoms with Crippen LogP contribution in [-0.4, -0.2) is 43.0 Å². The van der Waals surface area contributed by atoms with E-state index >= 15 is 0 Å². The van der Waals surface area contributed by atoms with Gasteiger partial charge in [0.15, 0.2) is 0 Å². The van der Waals surface area contributed by atoms with Gasteiger partial charge in [-0.05, 0) is 32.3 Å². The Bertz CT molecular complexity index is 345. The van der Waals surface area contributed by atoms with Crippen molar-refractivity contribution in [3.63, 3.8) is 0 Å². The Labute approximate surface area is 108 Å². The van der Waals surface area contributed by atoms with Crippen molar-refractivity contribution in [2.45, 2.75) is 20.4 Å². The molecular weight excluding hydrogens is 234 g/mol. The molecule has 102 valence electrons. The van der Waals surface area contributed by atoms with Crippen molar-refractivity contribution in [2.24, 2.45) is 0 Å². The van der Waals surface area contributed by atoms with Gasteiger partial charge < -0.3 is 9.80 Å². The summed E-state index contributed by atoms with van der Waals surface area (Å²) < 4.78 is 26.9. The Morgan fingerprint density at radius 3 is 2.06 bits per heavy atom. The van der Waals surface area contributed by atoms with E-state index in [1.165, 1.54) is 18.2 Å². The van der Waals surface area contributed by atoms with Crippen molar-refractivity contribution in [1.29, 1.82) is 0 Å². The summed E-state index contributed by atoms with van der Waals surface area (Å²) in [5.74, 6) is -0.936. The largest absolute Gasteiger partial charge is 0.303 e. The maximum atomic E-state index is 13.5. The summed E-state index contributed by atoms with van der Waals surface area (Å²) in [6.07, 6.45) is 0. The predicted octanol–water partition coefficient (Wildman–Crippen LogP) is 2.74. The zero-order chi connectivity index (χ0) is 13.5. The maximum Gasteiger partial charge on any atom is 0.130 e. The highest BCUT2D eigenvalue weighted by molar-refractivity contribution is 5.19. The van der Waals surface area contributed by atoms with Crippen molar-refractivity contribution in [3.05, 3.63) is 35.4 Å². The van der Waals surface area contributed by atoms with Crippen molar-refractivity contribution in [2.75, 3.05) is 33.2 Å². The third-order valence-electron chi connectivity index (χ3n) is 3.18. The molecule has 0 saturated heterocycles. The number of hydrogen-bond donors (Lipinski definition) is 0. The molecule has 0 heterocycles. The highest BCUT2D eigenvalue weighted by atomic mass is 19.1. The average molecular weight is 256 g/mol. The van der Waals surface area contributed by atoms with Crippen LogP contribution in [0.5, 0.6) is 0 Å². The molecule has 0 fully saturated rings. The minimum absolute atomic E-state index is 0.152. The van der Waals surface area contributed by atoms with Crippen LogP contribution in [0, 0.1) is 11.6 Å². The average Bonchev–Trinajstić information content (AvgIpc) is 2.35. The fraction of sp³-hybridized carbons (Fsp3) is 0.571. The lowest BCUT2D eigenvalue weighted by molar-refractivity contribution is 0.233. The Morgan fingerprint density at radius 1 is 1.00 bits per heavy atom. The summed E-state index contributed by atoms with van der Waals surface area (Å²) in [5.41, 5.74) is 0.152. The summed E-state index contributed by atoms with van der Waals surface area (Å²) in [6, 6.07) is 4.00. The summed E-state index contributed by atoms with van der Waals surface area (Å²) in [5, 5.41) is 0. The Balaban J connectivity index is 2.52. The van der Waals surface area contributed by atoms with Gasteiger partial charge in [-0.2, -0.15) is 0 Å². The van der Waals surface area contributed by atoms with Crippen LogP contribution in [0.25, 0.3) is 0 Å². The van der Waals surface area contributed by atoms with Crippen LogP contribution < -0.4 is 0 Å². The standard InChI is InChI=1S/C14H22F2N2/c1-4-18(5-2)10-9-17(3)11-12-13(15)7-6-8-14(12)16/h6-8H,4-5,9-11H2,1-3H3. The van der Waals surface area contributed by atoms with Gasteiger partial charge in [-0.25, -0.2) is 8.78 Å². The van der Waals surface area contributed by atoms with Gasteiger partial charge >= 0.3 is 0 Å². The lowest BCUT2D eigenvalue weighted by Crippen LogP contribution is -2.33. The van der Waals surface area contributed by atoms with E-state index in [-0.39, 0.29) is 5.56 Å². The van der Waals surface area contributed by atoms with Crippen LogP contribution in [0.2, 0.25) is 0 Å². The van der Waals surface area contributed by atoms with Crippen LogP contribution >= 0.6 is 0 Å². The van der Waals surface area contributed by atoms with Crippen molar-refractivity contribution >= 4 is 0 Å². The lowest BCUT2D eigenvalue weighted by atomic mass is 10.2. The highest BCUT2D eigenvalue weighted by Gasteiger charge is 2.11. The van der Waals surface area contributed by atoms with Crippen molar-refractivity contribution in [3.8, 4) is 0 Å². The minimum atomic E-state index is -0.468. The molecule has 1 aromatic carbocycles. The molecular formula is C14H22F2N2. The summed E-state index contributed by atoms with van der Waals surface area (Å²) in [6.45, 7) is 8.24. The van der Waals surface area contributed by atoms with Crippen molar-refractivity contribution in [1.82, 2.24) is 9.80 Å². The van der Waals surface area contributed by atoms with Crippen molar-refractivity contribution < 1.29 is 8.78 Å². The topological polar surface area (TPSA) is 6.48 Å². The van der Waals surface area contributed by atoms with E-state index in [1.807, 2.05) is 11.9 Å². The third kappa shape index (κ3) is 4.35. The van der Waals surface area contributed by atoms with E-state index in [1.54, 1.807) is 0 Å². The molecule has 0 N–H and O–H groups in total. The molecule has 0 saturated carbocycles. The summed E-state index contributed by atoms with van der Waals surface area (Å²) in [7, 11) is 1.88. The van der Waals surface area contributed by atoms with Gasteiger partial charge in [-0.15, -0.1) is 0 Å². The van der Waals surface area contributed by atoms with E-state index in [2.05, 4.69) is 18.7 Å². The van der Waals surface area contributed by atoms with Crippen LogP contribution in [0.15, 0.2) is 18.2 Å². The van der Waals surface area contributed by atoms with E-state index in [4.69, 9.17) is 0 Å². The van der Waals surface area contributed by atoms with E-state index < -0.39 is 11.6 Å². The molecule has 0 aliphatic carbocycles. The number of nitrogens with zero attached hydrogens (tertiary/aromatic N) is 2. The molecule has 0 spiro atoms. The highest BCUT2D eigenvalue weighted by Crippen LogP contribution is 2.13. The lowest BCUT2D eigenvalue weighted by Gasteiger charge is -2.23. The number of hydrogen-bond acceptors (Lipinski definition) is 2. The second-order valence-electron chi connectivity index (χ2n) is 4.46. The first-order chi connectivity index (χ1) is 8.58. The predicted molar refractivity (Wildman–Crippen MR) is 70.5 cm³/mol.